The van der Waals surface area contributed by atoms with Crippen LogP contribution in [0.25, 0.3) is 0 Å². The predicted octanol–water partition coefficient (Wildman–Crippen LogP) is 6.80. The lowest BCUT2D eigenvalue weighted by Crippen LogP contribution is -2.20. The molecular weight excluding hydrogens is 343 g/mol. The maximum atomic E-state index is 6.40. The standard InChI is InChI=1S/C22H29O3P/c1-15-12-17(21(2,3)4)20(18(13-15)22(5,6)7)25-26-23-14-16-10-8-9-11-19(16)24-26/h8-13H,14H2,1-7H3. The Hall–Kier alpha value is -1.57. The number of fused-ring (bicyclic) bond motifs is 1. The first-order chi connectivity index (χ1) is 12.1. The summed E-state index contributed by atoms with van der Waals surface area (Å²) in [5.41, 5.74) is 4.61. The Balaban J connectivity index is 2.01. The summed E-state index contributed by atoms with van der Waals surface area (Å²) in [6.07, 6.45) is 0. The molecule has 0 aromatic heterocycles. The highest BCUT2D eigenvalue weighted by atomic mass is 31.2. The molecule has 4 heteroatoms. The van der Waals surface area contributed by atoms with Crippen molar-refractivity contribution in [2.45, 2.75) is 65.9 Å². The van der Waals surface area contributed by atoms with E-state index >= 15 is 0 Å². The van der Waals surface area contributed by atoms with Crippen LogP contribution in [0, 0.1) is 6.92 Å². The molecule has 0 bridgehead atoms. The Morgan fingerprint density at radius 3 is 2.08 bits per heavy atom. The van der Waals surface area contributed by atoms with E-state index in [1.807, 2.05) is 24.3 Å². The van der Waals surface area contributed by atoms with E-state index in [1.54, 1.807) is 0 Å². The number of hydrogen-bond donors (Lipinski definition) is 0. The van der Waals surface area contributed by atoms with Crippen LogP contribution in [0.15, 0.2) is 36.4 Å². The van der Waals surface area contributed by atoms with Gasteiger partial charge in [-0.05, 0) is 23.8 Å². The predicted molar refractivity (Wildman–Crippen MR) is 108 cm³/mol. The van der Waals surface area contributed by atoms with Gasteiger partial charge < -0.3 is 9.05 Å². The summed E-state index contributed by atoms with van der Waals surface area (Å²) >= 11 is 0. The topological polar surface area (TPSA) is 27.7 Å². The first kappa shape index (κ1) is 19.2. The highest BCUT2D eigenvalue weighted by Crippen LogP contribution is 2.51. The molecule has 1 atom stereocenters. The van der Waals surface area contributed by atoms with Gasteiger partial charge in [0.05, 0.1) is 6.61 Å². The van der Waals surface area contributed by atoms with E-state index in [9.17, 15) is 0 Å². The molecule has 2 aromatic rings. The Labute approximate surface area is 158 Å². The Bertz CT molecular complexity index is 765. The lowest BCUT2D eigenvalue weighted by atomic mass is 9.78. The normalized spacial score (nSPS) is 17.4. The molecule has 3 rings (SSSR count). The zero-order valence-electron chi connectivity index (χ0n) is 16.8. The van der Waals surface area contributed by atoms with E-state index in [0.717, 1.165) is 17.1 Å². The van der Waals surface area contributed by atoms with Crippen molar-refractivity contribution in [1.29, 1.82) is 0 Å². The fourth-order valence-electron chi connectivity index (χ4n) is 3.05. The quantitative estimate of drug-likeness (QED) is 0.542. The number of para-hydroxylation sites is 1. The molecule has 26 heavy (non-hydrogen) atoms. The largest absolute Gasteiger partial charge is 0.463 e. The summed E-state index contributed by atoms with van der Waals surface area (Å²) in [5.74, 6) is 1.76. The van der Waals surface area contributed by atoms with Crippen molar-refractivity contribution in [3.8, 4) is 11.5 Å². The van der Waals surface area contributed by atoms with E-state index < -0.39 is 8.60 Å². The molecule has 0 radical (unpaired) electrons. The van der Waals surface area contributed by atoms with Gasteiger partial charge in [0.25, 0.3) is 0 Å². The monoisotopic (exact) mass is 372 g/mol. The van der Waals surface area contributed by atoms with Gasteiger partial charge in [-0.1, -0.05) is 77.4 Å². The van der Waals surface area contributed by atoms with E-state index in [2.05, 4.69) is 60.6 Å². The van der Waals surface area contributed by atoms with Gasteiger partial charge in [0.15, 0.2) is 0 Å². The van der Waals surface area contributed by atoms with Crippen molar-refractivity contribution in [1.82, 2.24) is 0 Å². The SMILES string of the molecule is Cc1cc(C(C)(C)C)c(OP2OCc3ccccc3O2)c(C(C)(C)C)c1. The summed E-state index contributed by atoms with van der Waals surface area (Å²) < 4.78 is 18.3. The van der Waals surface area contributed by atoms with Crippen molar-refractivity contribution in [2.24, 2.45) is 0 Å². The highest BCUT2D eigenvalue weighted by molar-refractivity contribution is 7.42. The molecule has 140 valence electrons. The van der Waals surface area contributed by atoms with E-state index in [4.69, 9.17) is 13.6 Å². The molecule has 1 heterocycles. The Kier molecular flexibility index (Phi) is 5.07. The molecule has 0 N–H and O–H groups in total. The molecule has 1 aliphatic rings. The van der Waals surface area contributed by atoms with Crippen LogP contribution in [0.1, 0.15) is 63.8 Å². The van der Waals surface area contributed by atoms with E-state index in [-0.39, 0.29) is 10.8 Å². The minimum atomic E-state index is -1.47. The second kappa shape index (κ2) is 6.87. The van der Waals surface area contributed by atoms with Gasteiger partial charge >= 0.3 is 8.60 Å². The van der Waals surface area contributed by atoms with Crippen LogP contribution in [0.4, 0.5) is 0 Å². The minimum absolute atomic E-state index is 0.0373. The Morgan fingerprint density at radius 1 is 0.923 bits per heavy atom. The summed E-state index contributed by atoms with van der Waals surface area (Å²) in [6, 6.07) is 12.4. The van der Waals surface area contributed by atoms with Crippen LogP contribution in [-0.4, -0.2) is 0 Å². The average Bonchev–Trinajstić information content (AvgIpc) is 2.54. The number of aryl methyl sites for hydroxylation is 1. The summed E-state index contributed by atoms with van der Waals surface area (Å²) in [4.78, 5) is 0. The third-order valence-corrected chi connectivity index (χ3v) is 5.50. The van der Waals surface area contributed by atoms with Gasteiger partial charge in [-0.3, -0.25) is 4.52 Å². The van der Waals surface area contributed by atoms with Crippen LogP contribution in [-0.2, 0) is 22.0 Å². The first-order valence-corrected chi connectivity index (χ1v) is 10.2. The summed E-state index contributed by atoms with van der Waals surface area (Å²) in [7, 11) is -1.47. The maximum Gasteiger partial charge on any atom is 0.463 e. The van der Waals surface area contributed by atoms with Crippen molar-refractivity contribution in [3.05, 3.63) is 58.7 Å². The molecule has 0 saturated carbocycles. The molecule has 0 aliphatic carbocycles. The molecule has 3 nitrogen and oxygen atoms in total. The first-order valence-electron chi connectivity index (χ1n) is 9.08. The van der Waals surface area contributed by atoms with Crippen molar-refractivity contribution in [2.75, 3.05) is 0 Å². The van der Waals surface area contributed by atoms with Crippen LogP contribution < -0.4 is 9.05 Å². The van der Waals surface area contributed by atoms with Crippen LogP contribution in [0.5, 0.6) is 11.5 Å². The third kappa shape index (κ3) is 4.05. The summed E-state index contributed by atoms with van der Waals surface area (Å²) in [5, 5.41) is 0. The maximum absolute atomic E-state index is 6.40. The molecular formula is C22H29O3P. The fourth-order valence-corrected chi connectivity index (χ4v) is 4.12. The number of rotatable bonds is 2. The van der Waals surface area contributed by atoms with Crippen LogP contribution >= 0.6 is 8.60 Å². The molecule has 0 amide bonds. The molecule has 0 spiro atoms. The minimum Gasteiger partial charge on any atom is -0.417 e. The second-order valence-electron chi connectivity index (χ2n) is 8.98. The lowest BCUT2D eigenvalue weighted by Gasteiger charge is -2.32. The zero-order valence-corrected chi connectivity index (χ0v) is 17.7. The Morgan fingerprint density at radius 2 is 1.50 bits per heavy atom. The van der Waals surface area contributed by atoms with Gasteiger partial charge in [-0.15, -0.1) is 0 Å². The van der Waals surface area contributed by atoms with E-state index in [1.165, 1.54) is 16.7 Å². The second-order valence-corrected chi connectivity index (χ2v) is 10.0. The molecule has 0 saturated heterocycles. The molecule has 0 fully saturated rings. The van der Waals surface area contributed by atoms with Gasteiger partial charge in [0.2, 0.25) is 0 Å². The van der Waals surface area contributed by atoms with Crippen molar-refractivity contribution >= 4 is 8.60 Å². The smallest absolute Gasteiger partial charge is 0.417 e. The van der Waals surface area contributed by atoms with E-state index in [0.29, 0.717) is 6.61 Å². The third-order valence-electron chi connectivity index (χ3n) is 4.49. The van der Waals surface area contributed by atoms with Crippen molar-refractivity contribution < 1.29 is 13.6 Å². The van der Waals surface area contributed by atoms with Gasteiger partial charge in [0.1, 0.15) is 11.5 Å². The molecule has 1 aliphatic heterocycles. The molecule has 2 aromatic carbocycles. The summed E-state index contributed by atoms with van der Waals surface area (Å²) in [6.45, 7) is 15.9. The zero-order chi connectivity index (χ0) is 19.1. The van der Waals surface area contributed by atoms with Gasteiger partial charge in [0, 0.05) is 16.7 Å². The van der Waals surface area contributed by atoms with Gasteiger partial charge in [-0.2, -0.15) is 0 Å². The molecule has 1 unspecified atom stereocenters. The number of hydrogen-bond acceptors (Lipinski definition) is 3. The van der Waals surface area contributed by atoms with Crippen LogP contribution in [0.2, 0.25) is 0 Å². The fraction of sp³-hybridized carbons (Fsp3) is 0.455. The average molecular weight is 372 g/mol. The van der Waals surface area contributed by atoms with Gasteiger partial charge in [-0.25, -0.2) is 0 Å². The number of benzene rings is 2. The highest BCUT2D eigenvalue weighted by Gasteiger charge is 2.32. The van der Waals surface area contributed by atoms with Crippen LogP contribution in [0.3, 0.4) is 0 Å². The van der Waals surface area contributed by atoms with Crippen molar-refractivity contribution in [3.63, 3.8) is 0 Å². The lowest BCUT2D eigenvalue weighted by molar-refractivity contribution is 0.231.